The van der Waals surface area contributed by atoms with Gasteiger partial charge in [-0.05, 0) is 42.5 Å². The first-order valence-electron chi connectivity index (χ1n) is 9.77. The van der Waals surface area contributed by atoms with Gasteiger partial charge >= 0.3 is 5.69 Å². The van der Waals surface area contributed by atoms with Crippen molar-refractivity contribution in [3.63, 3.8) is 0 Å². The minimum absolute atomic E-state index is 0.199. The Morgan fingerprint density at radius 3 is 2.53 bits per heavy atom. The maximum Gasteiger partial charge on any atom is 0.337 e. The number of carbonyl (C=O) groups is 1. The monoisotopic (exact) mass is 486 g/mol. The number of aromatic nitrogens is 3. The van der Waals surface area contributed by atoms with Crippen molar-refractivity contribution in [2.45, 2.75) is 24.2 Å². The van der Waals surface area contributed by atoms with Crippen LogP contribution < -0.4 is 16.6 Å². The summed E-state index contributed by atoms with van der Waals surface area (Å²) >= 11 is 8.70. The fourth-order valence-corrected chi connectivity index (χ4v) is 4.93. The first-order valence-corrected chi connectivity index (χ1v) is 12.2. The van der Waals surface area contributed by atoms with Crippen molar-refractivity contribution in [1.29, 1.82) is 0 Å². The molecule has 164 valence electrons. The van der Waals surface area contributed by atoms with Crippen molar-refractivity contribution in [2.24, 2.45) is 0 Å². The molecule has 2 aromatic carbocycles. The summed E-state index contributed by atoms with van der Waals surface area (Å²) in [6.07, 6.45) is 2.68. The normalized spacial score (nSPS) is 11.1. The van der Waals surface area contributed by atoms with Crippen LogP contribution in [-0.4, -0.2) is 26.3 Å². The smallest absolute Gasteiger partial charge is 0.323 e. The number of thioether (sulfide) groups is 1. The van der Waals surface area contributed by atoms with Gasteiger partial charge in [-0.2, -0.15) is 0 Å². The minimum atomic E-state index is -0.626. The summed E-state index contributed by atoms with van der Waals surface area (Å²) < 4.78 is 3.27. The number of carbonyl (C=O) groups excluding carboxylic acids is 1. The average molecular weight is 487 g/mol. The zero-order valence-corrected chi connectivity index (χ0v) is 19.7. The van der Waals surface area contributed by atoms with Gasteiger partial charge in [-0.1, -0.05) is 54.6 Å². The molecule has 0 bridgehead atoms. The number of anilines is 1. The summed E-state index contributed by atoms with van der Waals surface area (Å²) in [5, 5.41) is 3.10. The minimum Gasteiger partial charge on any atom is -0.323 e. The van der Waals surface area contributed by atoms with Crippen LogP contribution in [0.15, 0.2) is 62.5 Å². The summed E-state index contributed by atoms with van der Waals surface area (Å²) in [6.45, 7) is 1.71. The second-order valence-corrected chi connectivity index (χ2v) is 9.35. The second kappa shape index (κ2) is 9.32. The summed E-state index contributed by atoms with van der Waals surface area (Å²) in [7, 11) is 0. The summed E-state index contributed by atoms with van der Waals surface area (Å²) in [4.78, 5) is 43.8. The van der Waals surface area contributed by atoms with Gasteiger partial charge in [0.05, 0.1) is 16.4 Å². The Morgan fingerprint density at radius 2 is 1.88 bits per heavy atom. The van der Waals surface area contributed by atoms with E-state index in [9.17, 15) is 14.4 Å². The van der Waals surface area contributed by atoms with Gasteiger partial charge in [0, 0.05) is 0 Å². The Kier molecular flexibility index (Phi) is 6.50. The third kappa shape index (κ3) is 4.23. The van der Waals surface area contributed by atoms with E-state index in [4.69, 9.17) is 11.6 Å². The van der Waals surface area contributed by atoms with Crippen molar-refractivity contribution < 1.29 is 4.79 Å². The summed E-state index contributed by atoms with van der Waals surface area (Å²) in [6, 6.07) is 14.1. The number of benzene rings is 2. The molecule has 7 nitrogen and oxygen atoms in total. The van der Waals surface area contributed by atoms with Crippen LogP contribution in [0.3, 0.4) is 0 Å². The van der Waals surface area contributed by atoms with E-state index in [2.05, 4.69) is 10.3 Å². The number of nitrogens with one attached hydrogen (secondary N) is 1. The van der Waals surface area contributed by atoms with Gasteiger partial charge in [-0.15, -0.1) is 11.3 Å². The van der Waals surface area contributed by atoms with Crippen molar-refractivity contribution in [3.8, 4) is 5.69 Å². The average Bonchev–Trinajstić information content (AvgIpc) is 3.24. The van der Waals surface area contributed by atoms with Crippen LogP contribution in [0.2, 0.25) is 5.02 Å². The van der Waals surface area contributed by atoms with Crippen LogP contribution in [0.5, 0.6) is 0 Å². The topological polar surface area (TPSA) is 86.0 Å². The molecule has 2 aromatic heterocycles. The molecule has 32 heavy (non-hydrogen) atoms. The summed E-state index contributed by atoms with van der Waals surface area (Å²) in [5.41, 5.74) is 1.09. The predicted molar refractivity (Wildman–Crippen MR) is 131 cm³/mol. The zero-order valence-electron chi connectivity index (χ0n) is 17.3. The largest absolute Gasteiger partial charge is 0.337 e. The third-order valence-electron chi connectivity index (χ3n) is 4.89. The highest BCUT2D eigenvalue weighted by Gasteiger charge is 2.20. The molecular weight excluding hydrogens is 468 g/mol. The van der Waals surface area contributed by atoms with E-state index in [-0.39, 0.29) is 12.2 Å². The van der Waals surface area contributed by atoms with Crippen LogP contribution in [0.25, 0.3) is 16.0 Å². The molecule has 0 aliphatic heterocycles. The van der Waals surface area contributed by atoms with Crippen LogP contribution in [0.4, 0.5) is 5.69 Å². The van der Waals surface area contributed by atoms with Gasteiger partial charge in [-0.25, -0.2) is 14.3 Å². The molecule has 0 unspecified atom stereocenters. The lowest BCUT2D eigenvalue weighted by molar-refractivity contribution is -0.116. The molecule has 0 fully saturated rings. The van der Waals surface area contributed by atoms with E-state index in [0.29, 0.717) is 25.4 Å². The van der Waals surface area contributed by atoms with E-state index in [0.717, 1.165) is 16.6 Å². The maximum atomic E-state index is 13.4. The molecule has 0 aliphatic carbocycles. The Labute approximate surface area is 196 Å². The molecule has 1 N–H and O–H groups in total. The third-order valence-corrected chi connectivity index (χ3v) is 7.24. The Balaban J connectivity index is 1.84. The Hall–Kier alpha value is -2.88. The van der Waals surface area contributed by atoms with Crippen LogP contribution in [-0.2, 0) is 17.8 Å². The standard InChI is InChI=1S/C22H19ClN4O3S2/c1-3-13-8-10-14(11-9-13)27-20(29)18-19(25-21(31-2)32-18)26(22(27)30)12-17(28)24-16-7-5-4-6-15(16)23/h4-11H,3,12H2,1-2H3,(H,24,28). The number of rotatable bonds is 6. The number of nitrogens with zero attached hydrogens (tertiary/aromatic N) is 3. The molecule has 4 rings (SSSR count). The lowest BCUT2D eigenvalue weighted by Crippen LogP contribution is -2.40. The van der Waals surface area contributed by atoms with Crippen molar-refractivity contribution in [2.75, 3.05) is 11.6 Å². The molecule has 0 spiro atoms. The predicted octanol–water partition coefficient (Wildman–Crippen LogP) is 4.19. The van der Waals surface area contributed by atoms with Crippen LogP contribution in [0, 0.1) is 0 Å². The Morgan fingerprint density at radius 1 is 1.16 bits per heavy atom. The maximum absolute atomic E-state index is 13.4. The first-order chi connectivity index (χ1) is 15.4. The van der Waals surface area contributed by atoms with E-state index < -0.39 is 17.2 Å². The lowest BCUT2D eigenvalue weighted by Gasteiger charge is -2.12. The number of fused-ring (bicyclic) bond motifs is 1. The van der Waals surface area contributed by atoms with E-state index in [1.807, 2.05) is 25.3 Å². The summed E-state index contributed by atoms with van der Waals surface area (Å²) in [5.74, 6) is -0.452. The van der Waals surface area contributed by atoms with Gasteiger partial charge in [-0.3, -0.25) is 14.2 Å². The molecule has 2 heterocycles. The van der Waals surface area contributed by atoms with E-state index in [1.54, 1.807) is 36.4 Å². The molecule has 0 saturated heterocycles. The zero-order chi connectivity index (χ0) is 22.8. The molecule has 0 radical (unpaired) electrons. The number of hydrogen-bond donors (Lipinski definition) is 1. The van der Waals surface area contributed by atoms with Gasteiger partial charge in [0.2, 0.25) is 5.91 Å². The molecule has 10 heteroatoms. The van der Waals surface area contributed by atoms with Crippen molar-refractivity contribution in [3.05, 3.63) is 80.0 Å². The number of hydrogen-bond acceptors (Lipinski definition) is 6. The van der Waals surface area contributed by atoms with Crippen LogP contribution in [0.1, 0.15) is 12.5 Å². The molecule has 0 saturated carbocycles. The first kappa shape index (κ1) is 22.3. The lowest BCUT2D eigenvalue weighted by atomic mass is 10.1. The fourth-order valence-electron chi connectivity index (χ4n) is 3.25. The van der Waals surface area contributed by atoms with Gasteiger partial charge in [0.15, 0.2) is 9.99 Å². The van der Waals surface area contributed by atoms with Crippen molar-refractivity contribution in [1.82, 2.24) is 14.1 Å². The molecular formula is C22H19ClN4O3S2. The number of para-hydroxylation sites is 1. The number of thiazole rings is 1. The second-order valence-electron chi connectivity index (χ2n) is 6.89. The fraction of sp³-hybridized carbons (Fsp3) is 0.182. The van der Waals surface area contributed by atoms with Gasteiger partial charge in [0.1, 0.15) is 11.2 Å². The number of aryl methyl sites for hydroxylation is 1. The Bertz CT molecular complexity index is 1420. The highest BCUT2D eigenvalue weighted by molar-refractivity contribution is 8.00. The molecule has 4 aromatic rings. The van der Waals surface area contributed by atoms with E-state index >= 15 is 0 Å². The van der Waals surface area contributed by atoms with Gasteiger partial charge in [0.25, 0.3) is 5.56 Å². The molecule has 1 amide bonds. The SMILES string of the molecule is CCc1ccc(-n2c(=O)c3sc(SC)nc3n(CC(=O)Nc3ccccc3Cl)c2=O)cc1. The number of amides is 1. The molecule has 0 atom stereocenters. The molecule has 0 aliphatic rings. The number of halogens is 1. The highest BCUT2D eigenvalue weighted by Crippen LogP contribution is 2.26. The van der Waals surface area contributed by atoms with Crippen molar-refractivity contribution >= 4 is 56.6 Å². The van der Waals surface area contributed by atoms with Gasteiger partial charge < -0.3 is 5.32 Å². The van der Waals surface area contributed by atoms with Crippen LogP contribution >= 0.6 is 34.7 Å². The highest BCUT2D eigenvalue weighted by atomic mass is 35.5. The quantitative estimate of drug-likeness (QED) is 0.413. The van der Waals surface area contributed by atoms with E-state index in [1.165, 1.54) is 27.7 Å².